The highest BCUT2D eigenvalue weighted by molar-refractivity contribution is 5.82. The molecule has 0 heterocycles. The molecule has 0 atom stereocenters. The average Bonchev–Trinajstić information content (AvgIpc) is 2.46. The third kappa shape index (κ3) is 3.22. The second-order valence-electron chi connectivity index (χ2n) is 4.87. The summed E-state index contributed by atoms with van der Waals surface area (Å²) in [6.45, 7) is 0. The van der Waals surface area contributed by atoms with Crippen LogP contribution in [0.15, 0.2) is 29.8 Å². The highest BCUT2D eigenvalue weighted by Crippen LogP contribution is 2.30. The smallest absolute Gasteiger partial charge is 0.146 e. The fourth-order valence-electron chi connectivity index (χ4n) is 2.58. The largest absolute Gasteiger partial charge is 0.497 e. The van der Waals surface area contributed by atoms with Gasteiger partial charge in [-0.1, -0.05) is 31.4 Å². The zero-order chi connectivity index (χ0) is 12.8. The van der Waals surface area contributed by atoms with E-state index >= 15 is 0 Å². The third-order valence-electron chi connectivity index (χ3n) is 3.66. The van der Waals surface area contributed by atoms with E-state index in [9.17, 15) is 4.79 Å². The molecule has 0 radical (unpaired) electrons. The maximum Gasteiger partial charge on any atom is 0.146 e. The number of hydrogen-bond acceptors (Lipinski definition) is 2. The molecule has 0 saturated heterocycles. The summed E-state index contributed by atoms with van der Waals surface area (Å²) < 4.78 is 5.13. The van der Waals surface area contributed by atoms with E-state index in [0.29, 0.717) is 5.92 Å². The Bertz CT molecular complexity index is 411. The average molecular weight is 244 g/mol. The Morgan fingerprint density at radius 3 is 2.39 bits per heavy atom. The Morgan fingerprint density at radius 1 is 1.17 bits per heavy atom. The molecular weight excluding hydrogens is 224 g/mol. The highest BCUT2D eigenvalue weighted by atomic mass is 16.5. The van der Waals surface area contributed by atoms with Gasteiger partial charge in [0, 0.05) is 0 Å². The molecule has 1 aliphatic carbocycles. The minimum atomic E-state index is 0.457. The second kappa shape index (κ2) is 6.39. The van der Waals surface area contributed by atoms with Gasteiger partial charge in [-0.3, -0.25) is 4.79 Å². The fraction of sp³-hybridized carbons (Fsp3) is 0.438. The van der Waals surface area contributed by atoms with E-state index in [4.69, 9.17) is 4.74 Å². The van der Waals surface area contributed by atoms with Crippen molar-refractivity contribution in [2.75, 3.05) is 7.11 Å². The molecule has 0 spiro atoms. The van der Waals surface area contributed by atoms with Crippen molar-refractivity contribution in [2.45, 2.75) is 32.1 Å². The number of methoxy groups -OCH3 is 1. The molecule has 2 rings (SSSR count). The summed E-state index contributed by atoms with van der Waals surface area (Å²) in [5, 5.41) is 0. The van der Waals surface area contributed by atoms with Gasteiger partial charge in [-0.05, 0) is 48.1 Å². The monoisotopic (exact) mass is 244 g/mol. The Balaban J connectivity index is 2.14. The molecule has 18 heavy (non-hydrogen) atoms. The van der Waals surface area contributed by atoms with Gasteiger partial charge in [-0.15, -0.1) is 0 Å². The minimum absolute atomic E-state index is 0.457. The van der Waals surface area contributed by atoms with Crippen LogP contribution in [0, 0.1) is 5.92 Å². The molecule has 0 aliphatic heterocycles. The fourth-order valence-corrected chi connectivity index (χ4v) is 2.58. The lowest BCUT2D eigenvalue weighted by atomic mass is 9.83. The molecule has 1 fully saturated rings. The molecule has 2 heteroatoms. The van der Waals surface area contributed by atoms with Crippen molar-refractivity contribution in [1.29, 1.82) is 0 Å². The molecule has 1 aromatic carbocycles. The molecule has 2 nitrogen and oxygen atoms in total. The van der Waals surface area contributed by atoms with E-state index < -0.39 is 0 Å². The molecule has 1 aromatic rings. The van der Waals surface area contributed by atoms with Crippen LogP contribution in [0.5, 0.6) is 5.75 Å². The molecular formula is C16H20O2. The van der Waals surface area contributed by atoms with Crippen LogP contribution < -0.4 is 4.74 Å². The quantitative estimate of drug-likeness (QED) is 0.594. The second-order valence-corrected chi connectivity index (χ2v) is 4.87. The summed E-state index contributed by atoms with van der Waals surface area (Å²) in [6.07, 6.45) is 9.16. The SMILES string of the molecule is COc1ccc(/C=C(\C=O)C2CCCCC2)cc1. The predicted molar refractivity (Wildman–Crippen MR) is 73.6 cm³/mol. The van der Waals surface area contributed by atoms with E-state index in [1.165, 1.54) is 19.3 Å². The van der Waals surface area contributed by atoms with Gasteiger partial charge in [0.2, 0.25) is 0 Å². The van der Waals surface area contributed by atoms with Crippen LogP contribution in [-0.2, 0) is 4.79 Å². The third-order valence-corrected chi connectivity index (χ3v) is 3.66. The standard InChI is InChI=1S/C16H20O2/c1-18-16-9-7-13(8-10-16)11-15(12-17)14-5-3-2-4-6-14/h7-12,14H,2-6H2,1H3/b15-11+. The van der Waals surface area contributed by atoms with Crippen LogP contribution in [0.2, 0.25) is 0 Å². The van der Waals surface area contributed by atoms with Crippen LogP contribution in [0.1, 0.15) is 37.7 Å². The first-order valence-electron chi connectivity index (χ1n) is 6.64. The van der Waals surface area contributed by atoms with Gasteiger partial charge in [-0.25, -0.2) is 0 Å². The molecule has 0 unspecified atom stereocenters. The van der Waals surface area contributed by atoms with E-state index in [2.05, 4.69) is 0 Å². The Kier molecular flexibility index (Phi) is 4.57. The van der Waals surface area contributed by atoms with Gasteiger partial charge < -0.3 is 4.74 Å². The van der Waals surface area contributed by atoms with Gasteiger partial charge in [0.05, 0.1) is 7.11 Å². The molecule has 0 bridgehead atoms. The van der Waals surface area contributed by atoms with Crippen molar-refractivity contribution in [2.24, 2.45) is 5.92 Å². The molecule has 1 aliphatic rings. The van der Waals surface area contributed by atoms with Crippen molar-refractivity contribution >= 4 is 12.4 Å². The maximum absolute atomic E-state index is 11.2. The number of carbonyl (C=O) groups is 1. The number of aldehydes is 1. The number of benzene rings is 1. The summed E-state index contributed by atoms with van der Waals surface area (Å²) in [5.41, 5.74) is 2.02. The Morgan fingerprint density at radius 2 is 1.83 bits per heavy atom. The first-order valence-corrected chi connectivity index (χ1v) is 6.64. The summed E-state index contributed by atoms with van der Waals surface area (Å²) in [5.74, 6) is 1.30. The Hall–Kier alpha value is -1.57. The van der Waals surface area contributed by atoms with Crippen molar-refractivity contribution in [3.8, 4) is 5.75 Å². The predicted octanol–water partition coefficient (Wildman–Crippen LogP) is 3.86. The van der Waals surface area contributed by atoms with Gasteiger partial charge in [0.1, 0.15) is 12.0 Å². The number of rotatable bonds is 4. The summed E-state index contributed by atoms with van der Waals surface area (Å²) in [6, 6.07) is 7.83. The van der Waals surface area contributed by atoms with Crippen LogP contribution in [0.3, 0.4) is 0 Å². The van der Waals surface area contributed by atoms with E-state index in [-0.39, 0.29) is 0 Å². The molecule has 1 saturated carbocycles. The number of allylic oxidation sites excluding steroid dienone is 1. The lowest BCUT2D eigenvalue weighted by Crippen LogP contribution is -2.09. The van der Waals surface area contributed by atoms with Gasteiger partial charge >= 0.3 is 0 Å². The van der Waals surface area contributed by atoms with E-state index in [1.54, 1.807) is 7.11 Å². The normalized spacial score (nSPS) is 17.5. The first kappa shape index (κ1) is 12.9. The van der Waals surface area contributed by atoms with Gasteiger partial charge in [0.15, 0.2) is 0 Å². The summed E-state index contributed by atoms with van der Waals surface area (Å²) in [7, 11) is 1.66. The topological polar surface area (TPSA) is 26.3 Å². The maximum atomic E-state index is 11.2. The highest BCUT2D eigenvalue weighted by Gasteiger charge is 2.17. The molecule has 96 valence electrons. The van der Waals surface area contributed by atoms with Crippen molar-refractivity contribution in [3.05, 3.63) is 35.4 Å². The van der Waals surface area contributed by atoms with Crippen LogP contribution in [0.4, 0.5) is 0 Å². The van der Waals surface area contributed by atoms with Gasteiger partial charge in [0.25, 0.3) is 0 Å². The molecule has 0 aromatic heterocycles. The first-order chi connectivity index (χ1) is 8.83. The number of hydrogen-bond donors (Lipinski definition) is 0. The molecule has 0 N–H and O–H groups in total. The zero-order valence-electron chi connectivity index (χ0n) is 10.9. The minimum Gasteiger partial charge on any atom is -0.497 e. The molecule has 0 amide bonds. The summed E-state index contributed by atoms with van der Waals surface area (Å²) >= 11 is 0. The van der Waals surface area contributed by atoms with Crippen LogP contribution >= 0.6 is 0 Å². The lowest BCUT2D eigenvalue weighted by Gasteiger charge is -2.21. The summed E-state index contributed by atoms with van der Waals surface area (Å²) in [4.78, 5) is 11.2. The van der Waals surface area contributed by atoms with Crippen molar-refractivity contribution in [1.82, 2.24) is 0 Å². The van der Waals surface area contributed by atoms with Gasteiger partial charge in [-0.2, -0.15) is 0 Å². The zero-order valence-corrected chi connectivity index (χ0v) is 10.9. The van der Waals surface area contributed by atoms with E-state index in [1.807, 2.05) is 30.3 Å². The van der Waals surface area contributed by atoms with Crippen LogP contribution in [-0.4, -0.2) is 13.4 Å². The van der Waals surface area contributed by atoms with Crippen molar-refractivity contribution in [3.63, 3.8) is 0 Å². The number of ether oxygens (including phenoxy) is 1. The van der Waals surface area contributed by atoms with Crippen LogP contribution in [0.25, 0.3) is 6.08 Å². The van der Waals surface area contributed by atoms with Crippen molar-refractivity contribution < 1.29 is 9.53 Å². The number of carbonyl (C=O) groups excluding carboxylic acids is 1. The lowest BCUT2D eigenvalue weighted by molar-refractivity contribution is -0.105. The van der Waals surface area contributed by atoms with E-state index in [0.717, 1.165) is 36.0 Å². The Labute approximate surface area is 109 Å².